The molecule has 11 heteroatoms. The lowest BCUT2D eigenvalue weighted by Crippen LogP contribution is -2.40. The Morgan fingerprint density at radius 3 is 2.13 bits per heavy atom. The summed E-state index contributed by atoms with van der Waals surface area (Å²) < 4.78 is 37.2. The number of rotatable bonds is 10. The summed E-state index contributed by atoms with van der Waals surface area (Å²) in [4.78, 5) is 37.7. The third kappa shape index (κ3) is 7.73. The van der Waals surface area contributed by atoms with Crippen LogP contribution in [0.3, 0.4) is 0 Å². The van der Waals surface area contributed by atoms with Gasteiger partial charge in [0.25, 0.3) is 11.8 Å². The first kappa shape index (κ1) is 28.0. The van der Waals surface area contributed by atoms with Crippen LogP contribution in [0.15, 0.2) is 89.8 Å². The smallest absolute Gasteiger partial charge is 0.308 e. The van der Waals surface area contributed by atoms with E-state index < -0.39 is 34.5 Å². The standard InChI is InChI=1S/C28H29N3O7S/c32-26(29-23-11-13-24(14-12-23)39(35,36)31-15-17-37-18-16-31)20-38-27(33)19-25(21-7-3-1-4-8-21)30-28(34)22-9-5-2-6-10-22/h1-14,25H,15-20H2,(H,29,32)(H,30,34). The van der Waals surface area contributed by atoms with Gasteiger partial charge in [-0.05, 0) is 42.0 Å². The Labute approximate surface area is 227 Å². The highest BCUT2D eigenvalue weighted by molar-refractivity contribution is 7.89. The summed E-state index contributed by atoms with van der Waals surface area (Å²) in [7, 11) is -3.65. The topological polar surface area (TPSA) is 131 Å². The van der Waals surface area contributed by atoms with Crippen LogP contribution in [0.2, 0.25) is 0 Å². The maximum Gasteiger partial charge on any atom is 0.308 e. The van der Waals surface area contributed by atoms with Gasteiger partial charge in [0, 0.05) is 24.3 Å². The van der Waals surface area contributed by atoms with Crippen molar-refractivity contribution in [3.63, 3.8) is 0 Å². The molecule has 2 N–H and O–H groups in total. The van der Waals surface area contributed by atoms with Gasteiger partial charge in [0.1, 0.15) is 0 Å². The number of amides is 2. The highest BCUT2D eigenvalue weighted by atomic mass is 32.2. The van der Waals surface area contributed by atoms with Gasteiger partial charge in [0.15, 0.2) is 6.61 Å². The number of nitrogens with one attached hydrogen (secondary N) is 2. The number of carbonyl (C=O) groups is 3. The van der Waals surface area contributed by atoms with E-state index in [1.54, 1.807) is 54.6 Å². The lowest BCUT2D eigenvalue weighted by atomic mass is 10.0. The fraction of sp³-hybridized carbons (Fsp3) is 0.250. The Bertz CT molecular complexity index is 1380. The minimum atomic E-state index is -3.65. The van der Waals surface area contributed by atoms with Crippen molar-refractivity contribution < 1.29 is 32.3 Å². The predicted octanol–water partition coefficient (Wildman–Crippen LogP) is 2.75. The number of benzene rings is 3. The van der Waals surface area contributed by atoms with E-state index in [0.29, 0.717) is 24.5 Å². The van der Waals surface area contributed by atoms with Crippen LogP contribution in [0.5, 0.6) is 0 Å². The van der Waals surface area contributed by atoms with Crippen LogP contribution in [0.4, 0.5) is 5.69 Å². The van der Waals surface area contributed by atoms with Crippen LogP contribution in [0.25, 0.3) is 0 Å². The van der Waals surface area contributed by atoms with Crippen molar-refractivity contribution in [1.82, 2.24) is 9.62 Å². The van der Waals surface area contributed by atoms with Gasteiger partial charge in [0.2, 0.25) is 10.0 Å². The molecule has 0 bridgehead atoms. The molecule has 0 saturated carbocycles. The quantitative estimate of drug-likeness (QED) is 0.371. The van der Waals surface area contributed by atoms with Crippen LogP contribution in [0.1, 0.15) is 28.4 Å². The van der Waals surface area contributed by atoms with Crippen molar-refractivity contribution in [1.29, 1.82) is 0 Å². The number of hydrogen-bond acceptors (Lipinski definition) is 7. The number of carbonyl (C=O) groups excluding carboxylic acids is 3. The van der Waals surface area contributed by atoms with Gasteiger partial charge in [-0.3, -0.25) is 14.4 Å². The molecule has 10 nitrogen and oxygen atoms in total. The molecule has 4 rings (SSSR count). The third-order valence-electron chi connectivity index (χ3n) is 6.02. The SMILES string of the molecule is O=C(COC(=O)CC(NC(=O)c1ccccc1)c1ccccc1)Nc1ccc(S(=O)(=O)N2CCOCC2)cc1. The highest BCUT2D eigenvalue weighted by Gasteiger charge is 2.26. The number of anilines is 1. The molecule has 2 amide bonds. The number of nitrogens with zero attached hydrogens (tertiary/aromatic N) is 1. The van der Waals surface area contributed by atoms with E-state index in [4.69, 9.17) is 9.47 Å². The fourth-order valence-electron chi connectivity index (χ4n) is 3.98. The molecule has 0 aromatic heterocycles. The van der Waals surface area contributed by atoms with E-state index in [0.717, 1.165) is 5.56 Å². The monoisotopic (exact) mass is 551 g/mol. The first-order valence-corrected chi connectivity index (χ1v) is 13.8. The zero-order chi connectivity index (χ0) is 27.7. The second-order valence-corrected chi connectivity index (χ2v) is 10.7. The molecule has 3 aromatic carbocycles. The zero-order valence-corrected chi connectivity index (χ0v) is 21.9. The minimum Gasteiger partial charge on any atom is -0.455 e. The molecule has 39 heavy (non-hydrogen) atoms. The molecule has 1 aliphatic rings. The molecule has 0 radical (unpaired) electrons. The zero-order valence-electron chi connectivity index (χ0n) is 21.1. The molecule has 1 heterocycles. The molecule has 1 aliphatic heterocycles. The molecule has 1 unspecified atom stereocenters. The van der Waals surface area contributed by atoms with E-state index in [1.807, 2.05) is 6.07 Å². The second-order valence-electron chi connectivity index (χ2n) is 8.76. The lowest BCUT2D eigenvalue weighted by Gasteiger charge is -2.26. The number of morpholine rings is 1. The molecule has 0 spiro atoms. The van der Waals surface area contributed by atoms with Crippen molar-refractivity contribution in [3.05, 3.63) is 96.1 Å². The summed E-state index contributed by atoms with van der Waals surface area (Å²) in [6.45, 7) is 0.719. The summed E-state index contributed by atoms with van der Waals surface area (Å²) >= 11 is 0. The van der Waals surface area contributed by atoms with Crippen LogP contribution < -0.4 is 10.6 Å². The van der Waals surface area contributed by atoms with E-state index >= 15 is 0 Å². The number of sulfonamides is 1. The number of ether oxygens (including phenoxy) is 2. The highest BCUT2D eigenvalue weighted by Crippen LogP contribution is 2.20. The maximum absolute atomic E-state index is 12.7. The average molecular weight is 552 g/mol. The Kier molecular flexibility index (Phi) is 9.42. The molecular weight excluding hydrogens is 522 g/mol. The van der Waals surface area contributed by atoms with Crippen LogP contribution in [-0.2, 0) is 29.1 Å². The van der Waals surface area contributed by atoms with Crippen LogP contribution in [-0.4, -0.2) is 63.4 Å². The summed E-state index contributed by atoms with van der Waals surface area (Å²) in [6, 6.07) is 22.7. The summed E-state index contributed by atoms with van der Waals surface area (Å²) in [6.07, 6.45) is -0.177. The van der Waals surface area contributed by atoms with Crippen LogP contribution >= 0.6 is 0 Å². The molecule has 0 aliphatic carbocycles. The molecule has 1 saturated heterocycles. The normalized spacial score (nSPS) is 14.7. The molecule has 1 fully saturated rings. The second kappa shape index (κ2) is 13.1. The van der Waals surface area contributed by atoms with Gasteiger partial charge in [0.05, 0.1) is 30.6 Å². The summed E-state index contributed by atoms with van der Waals surface area (Å²) in [5.41, 5.74) is 1.53. The molecule has 1 atom stereocenters. The van der Waals surface area contributed by atoms with E-state index in [-0.39, 0.29) is 30.3 Å². The Hall–Kier alpha value is -4.06. The number of esters is 1. The van der Waals surface area contributed by atoms with Gasteiger partial charge in [-0.2, -0.15) is 4.31 Å². The molecule has 3 aromatic rings. The minimum absolute atomic E-state index is 0.110. The van der Waals surface area contributed by atoms with Crippen molar-refractivity contribution in [3.8, 4) is 0 Å². The predicted molar refractivity (Wildman–Crippen MR) is 143 cm³/mol. The fourth-order valence-corrected chi connectivity index (χ4v) is 5.39. The van der Waals surface area contributed by atoms with Gasteiger partial charge in [-0.1, -0.05) is 48.5 Å². The first-order chi connectivity index (χ1) is 18.8. The van der Waals surface area contributed by atoms with E-state index in [1.165, 1.54) is 28.6 Å². The Morgan fingerprint density at radius 2 is 1.49 bits per heavy atom. The van der Waals surface area contributed by atoms with Crippen molar-refractivity contribution in [2.45, 2.75) is 17.4 Å². The van der Waals surface area contributed by atoms with Gasteiger partial charge < -0.3 is 20.1 Å². The maximum atomic E-state index is 12.7. The van der Waals surface area contributed by atoms with Gasteiger partial charge in [-0.15, -0.1) is 0 Å². The van der Waals surface area contributed by atoms with E-state index in [2.05, 4.69) is 10.6 Å². The summed E-state index contributed by atoms with van der Waals surface area (Å²) in [5.74, 6) is -1.59. The van der Waals surface area contributed by atoms with Crippen molar-refractivity contribution >= 4 is 33.5 Å². The molecule has 204 valence electrons. The largest absolute Gasteiger partial charge is 0.455 e. The van der Waals surface area contributed by atoms with Gasteiger partial charge in [-0.25, -0.2) is 8.42 Å². The van der Waals surface area contributed by atoms with Crippen LogP contribution in [0, 0.1) is 0 Å². The van der Waals surface area contributed by atoms with Crippen molar-refractivity contribution in [2.24, 2.45) is 0 Å². The van der Waals surface area contributed by atoms with Gasteiger partial charge >= 0.3 is 5.97 Å². The first-order valence-electron chi connectivity index (χ1n) is 12.4. The number of hydrogen-bond donors (Lipinski definition) is 2. The third-order valence-corrected chi connectivity index (χ3v) is 7.94. The molecular formula is C28H29N3O7S. The van der Waals surface area contributed by atoms with Crippen molar-refractivity contribution in [2.75, 3.05) is 38.2 Å². The average Bonchev–Trinajstić information content (AvgIpc) is 2.97. The Balaban J connectivity index is 1.31. The van der Waals surface area contributed by atoms with E-state index in [9.17, 15) is 22.8 Å². The Morgan fingerprint density at radius 1 is 0.872 bits per heavy atom. The lowest BCUT2D eigenvalue weighted by molar-refractivity contribution is -0.147. The summed E-state index contributed by atoms with van der Waals surface area (Å²) in [5, 5.41) is 5.43.